The second-order valence-corrected chi connectivity index (χ2v) is 6.56. The molecule has 0 bridgehead atoms. The molecular weight excluding hydrogens is 342 g/mol. The molecule has 3 heterocycles. The molecule has 0 aromatic carbocycles. The molecule has 5 nitrogen and oxygen atoms in total. The molecule has 22 heavy (non-hydrogen) atoms. The van der Waals surface area contributed by atoms with Gasteiger partial charge in [0.1, 0.15) is 11.8 Å². The van der Waals surface area contributed by atoms with Crippen LogP contribution in [-0.4, -0.2) is 42.0 Å². The van der Waals surface area contributed by atoms with E-state index in [-0.39, 0.29) is 24.4 Å². The van der Waals surface area contributed by atoms with Crippen LogP contribution < -0.4 is 5.73 Å². The number of hydrogen-bond acceptors (Lipinski definition) is 6. The van der Waals surface area contributed by atoms with Gasteiger partial charge in [-0.05, 0) is 28.9 Å². The van der Waals surface area contributed by atoms with Gasteiger partial charge in [-0.2, -0.15) is 11.3 Å². The first-order valence-electron chi connectivity index (χ1n) is 6.85. The van der Waals surface area contributed by atoms with Crippen LogP contribution in [0.25, 0.3) is 0 Å². The summed E-state index contributed by atoms with van der Waals surface area (Å²) in [5.74, 6) is -0.0157. The Morgan fingerprint density at radius 1 is 1.50 bits per heavy atom. The molecule has 1 unspecified atom stereocenters. The number of morpholine rings is 1. The standard InChI is InChI=1S/C14H17N3O2S2.ClH/c15-3-1-13-16-11(9-21-13)14(18)17-4-5-19-12(7-17)10-2-6-20-8-10;/h2,6,8-9,12H,1,3-5,7,15H2;1H. The van der Waals surface area contributed by atoms with Crippen molar-refractivity contribution in [3.8, 4) is 0 Å². The highest BCUT2D eigenvalue weighted by atomic mass is 35.5. The van der Waals surface area contributed by atoms with Crippen LogP contribution in [-0.2, 0) is 11.2 Å². The zero-order valence-electron chi connectivity index (χ0n) is 11.9. The molecule has 2 aromatic rings. The molecule has 120 valence electrons. The molecule has 0 saturated carbocycles. The average molecular weight is 360 g/mol. The molecule has 0 aliphatic carbocycles. The highest BCUT2D eigenvalue weighted by Crippen LogP contribution is 2.25. The molecule has 1 saturated heterocycles. The van der Waals surface area contributed by atoms with Crippen molar-refractivity contribution in [2.24, 2.45) is 5.73 Å². The van der Waals surface area contributed by atoms with Crippen molar-refractivity contribution in [2.75, 3.05) is 26.2 Å². The maximum absolute atomic E-state index is 12.5. The Kier molecular flexibility index (Phi) is 6.34. The highest BCUT2D eigenvalue weighted by molar-refractivity contribution is 7.09. The summed E-state index contributed by atoms with van der Waals surface area (Å²) in [6.07, 6.45) is 0.689. The van der Waals surface area contributed by atoms with Gasteiger partial charge in [0.15, 0.2) is 0 Å². The maximum atomic E-state index is 12.5. The lowest BCUT2D eigenvalue weighted by molar-refractivity contribution is -0.0228. The summed E-state index contributed by atoms with van der Waals surface area (Å²) in [6, 6.07) is 2.05. The fourth-order valence-electron chi connectivity index (χ4n) is 2.30. The normalized spacial score (nSPS) is 18.0. The quantitative estimate of drug-likeness (QED) is 0.909. The van der Waals surface area contributed by atoms with Crippen molar-refractivity contribution >= 4 is 41.0 Å². The number of rotatable bonds is 4. The fourth-order valence-corrected chi connectivity index (χ4v) is 3.79. The second kappa shape index (κ2) is 8.03. The molecule has 8 heteroatoms. The van der Waals surface area contributed by atoms with E-state index in [9.17, 15) is 4.79 Å². The number of ether oxygens (including phenoxy) is 1. The average Bonchev–Trinajstić information content (AvgIpc) is 3.18. The zero-order valence-corrected chi connectivity index (χ0v) is 14.4. The Morgan fingerprint density at radius 3 is 3.09 bits per heavy atom. The third-order valence-corrected chi connectivity index (χ3v) is 5.01. The summed E-state index contributed by atoms with van der Waals surface area (Å²) in [5, 5.41) is 6.84. The Morgan fingerprint density at radius 2 is 2.36 bits per heavy atom. The van der Waals surface area contributed by atoms with Gasteiger partial charge >= 0.3 is 0 Å². The molecular formula is C14H18ClN3O2S2. The van der Waals surface area contributed by atoms with Gasteiger partial charge in [-0.25, -0.2) is 4.98 Å². The molecule has 1 aliphatic heterocycles. The van der Waals surface area contributed by atoms with Gasteiger partial charge in [0.05, 0.1) is 18.2 Å². The molecule has 1 aliphatic rings. The smallest absolute Gasteiger partial charge is 0.273 e. The number of aromatic nitrogens is 1. The predicted octanol–water partition coefficient (Wildman–Crippen LogP) is 2.34. The van der Waals surface area contributed by atoms with E-state index in [4.69, 9.17) is 10.5 Å². The Bertz CT molecular complexity index is 603. The van der Waals surface area contributed by atoms with Gasteiger partial charge in [0, 0.05) is 18.3 Å². The monoisotopic (exact) mass is 359 g/mol. The summed E-state index contributed by atoms with van der Waals surface area (Å²) < 4.78 is 5.76. The fraction of sp³-hybridized carbons (Fsp3) is 0.429. The van der Waals surface area contributed by atoms with Crippen molar-refractivity contribution in [3.63, 3.8) is 0 Å². The van der Waals surface area contributed by atoms with Crippen molar-refractivity contribution < 1.29 is 9.53 Å². The van der Waals surface area contributed by atoms with E-state index in [1.165, 1.54) is 11.3 Å². The lowest BCUT2D eigenvalue weighted by Gasteiger charge is -2.32. The van der Waals surface area contributed by atoms with Gasteiger partial charge < -0.3 is 15.4 Å². The van der Waals surface area contributed by atoms with Gasteiger partial charge in [-0.1, -0.05) is 0 Å². The minimum atomic E-state index is -0.0314. The van der Waals surface area contributed by atoms with Crippen LogP contribution in [0.3, 0.4) is 0 Å². The number of nitrogens with two attached hydrogens (primary N) is 1. The lowest BCUT2D eigenvalue weighted by Crippen LogP contribution is -2.42. The number of thiazole rings is 1. The third-order valence-electron chi connectivity index (χ3n) is 3.40. The topological polar surface area (TPSA) is 68.5 Å². The molecule has 0 spiro atoms. The number of amides is 1. The number of carbonyl (C=O) groups excluding carboxylic acids is 1. The van der Waals surface area contributed by atoms with E-state index in [0.717, 1.165) is 17.0 Å². The Balaban J connectivity index is 0.00000176. The predicted molar refractivity (Wildman–Crippen MR) is 91.0 cm³/mol. The van der Waals surface area contributed by atoms with Gasteiger partial charge in [0.25, 0.3) is 5.91 Å². The van der Waals surface area contributed by atoms with Crippen LogP contribution in [0.5, 0.6) is 0 Å². The van der Waals surface area contributed by atoms with E-state index in [1.807, 2.05) is 21.7 Å². The van der Waals surface area contributed by atoms with E-state index in [2.05, 4.69) is 10.4 Å². The molecule has 0 radical (unpaired) electrons. The summed E-state index contributed by atoms with van der Waals surface area (Å²) in [7, 11) is 0. The zero-order chi connectivity index (χ0) is 14.7. The van der Waals surface area contributed by atoms with Crippen LogP contribution in [0.2, 0.25) is 0 Å². The van der Waals surface area contributed by atoms with E-state index < -0.39 is 0 Å². The lowest BCUT2D eigenvalue weighted by atomic mass is 10.1. The summed E-state index contributed by atoms with van der Waals surface area (Å²) in [4.78, 5) is 18.7. The molecule has 1 fully saturated rings. The van der Waals surface area contributed by atoms with E-state index in [1.54, 1.807) is 11.3 Å². The van der Waals surface area contributed by atoms with Crippen molar-refractivity contribution in [3.05, 3.63) is 38.5 Å². The third kappa shape index (κ3) is 3.85. The molecule has 1 amide bonds. The van der Waals surface area contributed by atoms with Gasteiger partial charge in [-0.3, -0.25) is 4.79 Å². The van der Waals surface area contributed by atoms with Crippen LogP contribution in [0.15, 0.2) is 22.2 Å². The summed E-state index contributed by atoms with van der Waals surface area (Å²) >= 11 is 3.14. The van der Waals surface area contributed by atoms with Crippen LogP contribution >= 0.6 is 35.1 Å². The van der Waals surface area contributed by atoms with Crippen LogP contribution in [0, 0.1) is 0 Å². The minimum absolute atomic E-state index is 0. The van der Waals surface area contributed by atoms with Crippen LogP contribution in [0.1, 0.15) is 27.2 Å². The number of carbonyl (C=O) groups is 1. The van der Waals surface area contributed by atoms with E-state index in [0.29, 0.717) is 31.9 Å². The van der Waals surface area contributed by atoms with Crippen LogP contribution in [0.4, 0.5) is 0 Å². The Hall–Kier alpha value is -0.990. The molecule has 2 aromatic heterocycles. The van der Waals surface area contributed by atoms with Gasteiger partial charge in [-0.15, -0.1) is 23.7 Å². The van der Waals surface area contributed by atoms with Gasteiger partial charge in [0.2, 0.25) is 0 Å². The van der Waals surface area contributed by atoms with Crippen molar-refractivity contribution in [1.29, 1.82) is 0 Å². The van der Waals surface area contributed by atoms with Crippen molar-refractivity contribution in [2.45, 2.75) is 12.5 Å². The number of thiophene rings is 1. The largest absolute Gasteiger partial charge is 0.370 e. The molecule has 2 N–H and O–H groups in total. The number of nitrogens with zero attached hydrogens (tertiary/aromatic N) is 2. The van der Waals surface area contributed by atoms with Crippen molar-refractivity contribution in [1.82, 2.24) is 9.88 Å². The SMILES string of the molecule is Cl.NCCc1nc(C(=O)N2CCOC(c3ccsc3)C2)cs1. The van der Waals surface area contributed by atoms with E-state index >= 15 is 0 Å². The number of hydrogen-bond donors (Lipinski definition) is 1. The summed E-state index contributed by atoms with van der Waals surface area (Å²) in [6.45, 7) is 2.31. The second-order valence-electron chi connectivity index (χ2n) is 4.83. The first-order chi connectivity index (χ1) is 10.3. The first kappa shape index (κ1) is 17.4. The minimum Gasteiger partial charge on any atom is -0.370 e. The summed E-state index contributed by atoms with van der Waals surface area (Å²) in [5.41, 5.74) is 7.18. The Labute approximate surface area is 143 Å². The maximum Gasteiger partial charge on any atom is 0.273 e. The highest BCUT2D eigenvalue weighted by Gasteiger charge is 2.27. The molecule has 1 atom stereocenters. The first-order valence-corrected chi connectivity index (χ1v) is 8.67. The molecule has 3 rings (SSSR count). The number of halogens is 1.